The summed E-state index contributed by atoms with van der Waals surface area (Å²) < 4.78 is 7.93. The number of hydrogen-bond donors (Lipinski definition) is 1. The van der Waals surface area contributed by atoms with Gasteiger partial charge in [-0.25, -0.2) is 4.98 Å². The molecule has 2 aliphatic rings. The second-order valence-electron chi connectivity index (χ2n) is 8.44. The number of aromatic nitrogens is 3. The standard InChI is InChI=1S/C26H27N5O/c1-17-14-21-19(15-27)10-6-12-22(21)31(17)26-29-24-20(11-7-13-23(24)32-2)25(30-26)28-16-18-8-4-3-5-9-18/h3-5,8-10,14,23H,6-7,11-13,16H2,1-2H3,(H,28,29,30). The molecule has 162 valence electrons. The summed E-state index contributed by atoms with van der Waals surface area (Å²) in [6.07, 6.45) is 6.67. The van der Waals surface area contributed by atoms with Crippen LogP contribution in [0.1, 0.15) is 59.1 Å². The van der Waals surface area contributed by atoms with E-state index in [0.717, 1.165) is 71.7 Å². The molecular weight excluding hydrogens is 398 g/mol. The summed E-state index contributed by atoms with van der Waals surface area (Å²) in [5.41, 5.74) is 7.23. The van der Waals surface area contributed by atoms with E-state index in [-0.39, 0.29) is 6.10 Å². The Morgan fingerprint density at radius 1 is 1.22 bits per heavy atom. The van der Waals surface area contributed by atoms with Gasteiger partial charge in [-0.2, -0.15) is 10.2 Å². The summed E-state index contributed by atoms with van der Waals surface area (Å²) in [5, 5.41) is 13.1. The number of nitrogens with one attached hydrogen (secondary N) is 1. The molecule has 3 aromatic rings. The number of aryl methyl sites for hydroxylation is 1. The summed E-state index contributed by atoms with van der Waals surface area (Å²) in [4.78, 5) is 10.0. The smallest absolute Gasteiger partial charge is 0.236 e. The van der Waals surface area contributed by atoms with Gasteiger partial charge < -0.3 is 10.1 Å². The number of ether oxygens (including phenoxy) is 1. The lowest BCUT2D eigenvalue weighted by atomic mass is 9.93. The summed E-state index contributed by atoms with van der Waals surface area (Å²) in [6, 6.07) is 14.8. The number of fused-ring (bicyclic) bond motifs is 2. The van der Waals surface area contributed by atoms with Gasteiger partial charge in [0.2, 0.25) is 5.95 Å². The van der Waals surface area contributed by atoms with Crippen molar-refractivity contribution in [3.05, 3.63) is 76.2 Å². The first-order valence-electron chi connectivity index (χ1n) is 11.2. The van der Waals surface area contributed by atoms with E-state index in [1.54, 1.807) is 7.11 Å². The summed E-state index contributed by atoms with van der Waals surface area (Å²) >= 11 is 0. The first-order valence-corrected chi connectivity index (χ1v) is 11.2. The minimum Gasteiger partial charge on any atom is -0.375 e. The van der Waals surface area contributed by atoms with Crippen molar-refractivity contribution in [2.75, 3.05) is 12.4 Å². The Bertz CT molecular complexity index is 1220. The third kappa shape index (κ3) is 3.59. The normalized spacial score (nSPS) is 17.2. The van der Waals surface area contributed by atoms with E-state index in [2.05, 4.69) is 53.2 Å². The molecule has 2 heterocycles. The van der Waals surface area contributed by atoms with Crippen molar-refractivity contribution in [3.8, 4) is 12.0 Å². The largest absolute Gasteiger partial charge is 0.375 e. The van der Waals surface area contributed by atoms with Gasteiger partial charge in [-0.1, -0.05) is 36.4 Å². The predicted octanol–water partition coefficient (Wildman–Crippen LogP) is 5.06. The van der Waals surface area contributed by atoms with Crippen LogP contribution < -0.4 is 5.32 Å². The zero-order valence-corrected chi connectivity index (χ0v) is 18.6. The van der Waals surface area contributed by atoms with Gasteiger partial charge in [0.05, 0.1) is 23.4 Å². The lowest BCUT2D eigenvalue weighted by Gasteiger charge is -2.26. The maximum Gasteiger partial charge on any atom is 0.236 e. The molecule has 1 aromatic carbocycles. The number of rotatable bonds is 5. The number of benzene rings is 1. The van der Waals surface area contributed by atoms with E-state index in [0.29, 0.717) is 12.5 Å². The van der Waals surface area contributed by atoms with Crippen molar-refractivity contribution in [2.24, 2.45) is 0 Å². The van der Waals surface area contributed by atoms with Crippen LogP contribution in [0.4, 0.5) is 5.82 Å². The van der Waals surface area contributed by atoms with Crippen LogP contribution in [-0.2, 0) is 24.1 Å². The van der Waals surface area contributed by atoms with Crippen LogP contribution in [0.25, 0.3) is 11.5 Å². The molecule has 0 bridgehead atoms. The van der Waals surface area contributed by atoms with Gasteiger partial charge in [0.25, 0.3) is 0 Å². The maximum absolute atomic E-state index is 9.57. The minimum absolute atomic E-state index is 0.0287. The third-order valence-corrected chi connectivity index (χ3v) is 6.44. The topological polar surface area (TPSA) is 75.8 Å². The van der Waals surface area contributed by atoms with E-state index in [1.807, 2.05) is 12.1 Å². The molecule has 0 aliphatic heterocycles. The fourth-order valence-corrected chi connectivity index (χ4v) is 4.88. The number of nitrogens with zero attached hydrogens (tertiary/aromatic N) is 4. The van der Waals surface area contributed by atoms with Gasteiger partial charge in [-0.15, -0.1) is 0 Å². The fraction of sp³-hybridized carbons (Fsp3) is 0.346. The zero-order valence-electron chi connectivity index (χ0n) is 18.6. The van der Waals surface area contributed by atoms with Crippen molar-refractivity contribution in [3.63, 3.8) is 0 Å². The van der Waals surface area contributed by atoms with Gasteiger partial charge in [0, 0.05) is 36.2 Å². The molecule has 0 saturated heterocycles. The molecular formula is C26H27N5O. The molecule has 5 rings (SSSR count). The van der Waals surface area contributed by atoms with Crippen molar-refractivity contribution < 1.29 is 4.74 Å². The Morgan fingerprint density at radius 3 is 2.84 bits per heavy atom. The monoisotopic (exact) mass is 425 g/mol. The number of nitriles is 1. The van der Waals surface area contributed by atoms with E-state index in [4.69, 9.17) is 14.7 Å². The Balaban J connectivity index is 1.62. The highest BCUT2D eigenvalue weighted by atomic mass is 16.5. The first kappa shape index (κ1) is 20.5. The van der Waals surface area contributed by atoms with Crippen LogP contribution in [-0.4, -0.2) is 21.6 Å². The second-order valence-corrected chi connectivity index (χ2v) is 8.44. The summed E-state index contributed by atoms with van der Waals surface area (Å²) in [6.45, 7) is 2.76. The maximum atomic E-state index is 9.57. The van der Waals surface area contributed by atoms with E-state index >= 15 is 0 Å². The van der Waals surface area contributed by atoms with Gasteiger partial charge in [-0.3, -0.25) is 4.57 Å². The Morgan fingerprint density at radius 2 is 2.06 bits per heavy atom. The molecule has 0 amide bonds. The third-order valence-electron chi connectivity index (χ3n) is 6.44. The van der Waals surface area contributed by atoms with Crippen molar-refractivity contribution in [1.82, 2.24) is 14.5 Å². The van der Waals surface area contributed by atoms with E-state index in [1.165, 1.54) is 5.56 Å². The van der Waals surface area contributed by atoms with Crippen molar-refractivity contribution >= 4 is 11.4 Å². The molecule has 2 aromatic heterocycles. The zero-order chi connectivity index (χ0) is 22.1. The highest BCUT2D eigenvalue weighted by Gasteiger charge is 2.28. The van der Waals surface area contributed by atoms with Crippen molar-refractivity contribution in [2.45, 2.75) is 51.7 Å². The SMILES string of the molecule is COC1CCCc2c(NCc3ccccc3)nc(-n3c(C)cc4c3CCC=C4C#N)nc21. The molecule has 6 nitrogen and oxygen atoms in total. The average molecular weight is 426 g/mol. The van der Waals surface area contributed by atoms with Gasteiger partial charge in [0.1, 0.15) is 5.82 Å². The quantitative estimate of drug-likeness (QED) is 0.618. The van der Waals surface area contributed by atoms with E-state index in [9.17, 15) is 5.26 Å². The number of allylic oxidation sites excluding steroid dienone is 2. The fourth-order valence-electron chi connectivity index (χ4n) is 4.88. The molecule has 1 atom stereocenters. The molecule has 0 fully saturated rings. The van der Waals surface area contributed by atoms with Crippen LogP contribution in [0.3, 0.4) is 0 Å². The Labute approximate surface area is 188 Å². The van der Waals surface area contributed by atoms with Crippen LogP contribution >= 0.6 is 0 Å². The summed E-state index contributed by atoms with van der Waals surface area (Å²) in [7, 11) is 1.76. The van der Waals surface area contributed by atoms with Gasteiger partial charge in [-0.05, 0) is 50.7 Å². The molecule has 6 heteroatoms. The minimum atomic E-state index is -0.0287. The lowest BCUT2D eigenvalue weighted by molar-refractivity contribution is 0.0842. The molecule has 1 N–H and O–H groups in total. The average Bonchev–Trinajstić information content (AvgIpc) is 3.18. The molecule has 1 unspecified atom stereocenters. The highest BCUT2D eigenvalue weighted by molar-refractivity contribution is 5.80. The van der Waals surface area contributed by atoms with Crippen LogP contribution in [0.5, 0.6) is 0 Å². The van der Waals surface area contributed by atoms with Crippen molar-refractivity contribution in [1.29, 1.82) is 5.26 Å². The molecule has 0 spiro atoms. The molecule has 32 heavy (non-hydrogen) atoms. The first-order chi connectivity index (χ1) is 15.7. The number of anilines is 1. The Hall–Kier alpha value is -3.43. The van der Waals surface area contributed by atoms with E-state index < -0.39 is 0 Å². The lowest BCUT2D eigenvalue weighted by Crippen LogP contribution is -2.20. The molecule has 2 aliphatic carbocycles. The molecule has 0 saturated carbocycles. The highest BCUT2D eigenvalue weighted by Crippen LogP contribution is 2.36. The predicted molar refractivity (Wildman–Crippen MR) is 124 cm³/mol. The number of methoxy groups -OCH3 is 1. The second kappa shape index (κ2) is 8.60. The van der Waals surface area contributed by atoms with Gasteiger partial charge >= 0.3 is 0 Å². The summed E-state index contributed by atoms with van der Waals surface area (Å²) in [5.74, 6) is 1.53. The van der Waals surface area contributed by atoms with Gasteiger partial charge in [0.15, 0.2) is 0 Å². The molecule has 0 radical (unpaired) electrons. The van der Waals surface area contributed by atoms with Crippen LogP contribution in [0, 0.1) is 18.3 Å². The number of hydrogen-bond acceptors (Lipinski definition) is 5. The Kier molecular flexibility index (Phi) is 5.50. The van der Waals surface area contributed by atoms with Crippen LogP contribution in [0.2, 0.25) is 0 Å². The van der Waals surface area contributed by atoms with Crippen LogP contribution in [0.15, 0.2) is 42.5 Å².